The summed E-state index contributed by atoms with van der Waals surface area (Å²) in [6.45, 7) is 6.48. The number of methoxy groups -OCH3 is 1. The minimum atomic E-state index is -0.503. The molecule has 0 aliphatic heterocycles. The van der Waals surface area contributed by atoms with Gasteiger partial charge >= 0.3 is 0 Å². The Morgan fingerprint density at radius 3 is 2.45 bits per heavy atom. The molecule has 2 amide bonds. The summed E-state index contributed by atoms with van der Waals surface area (Å²) in [4.78, 5) is 28.7. The third-order valence-corrected chi connectivity index (χ3v) is 6.75. The molecule has 1 fully saturated rings. The first-order valence-electron chi connectivity index (χ1n) is 12.2. The lowest BCUT2D eigenvalue weighted by atomic mass is 9.95. The number of nitrogens with zero attached hydrogens (tertiary/aromatic N) is 1. The molecule has 5 nitrogen and oxygen atoms in total. The van der Waals surface area contributed by atoms with Crippen molar-refractivity contribution in [1.29, 1.82) is 0 Å². The molecule has 0 aromatic heterocycles. The predicted octanol–water partition coefficient (Wildman–Crippen LogP) is 5.11. The van der Waals surface area contributed by atoms with E-state index in [-0.39, 0.29) is 24.3 Å². The zero-order chi connectivity index (χ0) is 23.8. The van der Waals surface area contributed by atoms with Crippen molar-refractivity contribution in [3.05, 3.63) is 64.7 Å². The molecule has 2 aromatic rings. The fourth-order valence-electron chi connectivity index (χ4n) is 4.62. The monoisotopic (exact) mass is 450 g/mol. The van der Waals surface area contributed by atoms with Gasteiger partial charge in [0.05, 0.1) is 13.5 Å². The van der Waals surface area contributed by atoms with Crippen LogP contribution >= 0.6 is 0 Å². The Kier molecular flexibility index (Phi) is 8.93. The topological polar surface area (TPSA) is 58.6 Å². The molecule has 178 valence electrons. The number of aryl methyl sites for hydroxylation is 2. The molecule has 0 spiro atoms. The van der Waals surface area contributed by atoms with Gasteiger partial charge in [0, 0.05) is 12.6 Å². The Hall–Kier alpha value is -2.82. The lowest BCUT2D eigenvalue weighted by molar-refractivity contribution is -0.141. The van der Waals surface area contributed by atoms with E-state index in [9.17, 15) is 9.59 Å². The number of carbonyl (C=O) groups is 2. The summed E-state index contributed by atoms with van der Waals surface area (Å²) >= 11 is 0. The van der Waals surface area contributed by atoms with Gasteiger partial charge in [0.2, 0.25) is 11.8 Å². The molecule has 33 heavy (non-hydrogen) atoms. The minimum absolute atomic E-state index is 0.0354. The van der Waals surface area contributed by atoms with Crippen LogP contribution in [0.4, 0.5) is 0 Å². The number of rotatable bonds is 9. The Morgan fingerprint density at radius 1 is 1.03 bits per heavy atom. The number of benzene rings is 2. The lowest BCUT2D eigenvalue weighted by Gasteiger charge is -2.33. The molecule has 1 unspecified atom stereocenters. The van der Waals surface area contributed by atoms with Gasteiger partial charge in [0.15, 0.2) is 0 Å². The molecule has 2 aromatic carbocycles. The summed E-state index contributed by atoms with van der Waals surface area (Å²) in [5, 5.41) is 3.24. The SMILES string of the molecule is CCC(C(=O)NC1CCCCC1)N(Cc1cccc(OC)c1)C(=O)Cc1ccc(C)c(C)c1. The Labute approximate surface area is 198 Å². The zero-order valence-electron chi connectivity index (χ0n) is 20.5. The normalized spacial score (nSPS) is 15.0. The number of amides is 2. The van der Waals surface area contributed by atoms with Gasteiger partial charge in [-0.1, -0.05) is 56.5 Å². The maximum atomic E-state index is 13.6. The molecule has 1 aliphatic carbocycles. The molecule has 1 aliphatic rings. The molecule has 0 bridgehead atoms. The summed E-state index contributed by atoms with van der Waals surface area (Å²) in [6.07, 6.45) is 6.44. The van der Waals surface area contributed by atoms with Gasteiger partial charge in [-0.15, -0.1) is 0 Å². The highest BCUT2D eigenvalue weighted by Crippen LogP contribution is 2.21. The van der Waals surface area contributed by atoms with Crippen LogP contribution in [0.1, 0.15) is 67.7 Å². The molecule has 5 heteroatoms. The van der Waals surface area contributed by atoms with Crippen molar-refractivity contribution in [2.45, 2.75) is 84.3 Å². The van der Waals surface area contributed by atoms with Crippen LogP contribution in [0.3, 0.4) is 0 Å². The highest BCUT2D eigenvalue weighted by Gasteiger charge is 2.30. The van der Waals surface area contributed by atoms with Crippen LogP contribution in [0, 0.1) is 13.8 Å². The first-order valence-corrected chi connectivity index (χ1v) is 12.2. The van der Waals surface area contributed by atoms with Crippen LogP contribution in [0.25, 0.3) is 0 Å². The van der Waals surface area contributed by atoms with Gasteiger partial charge in [-0.3, -0.25) is 9.59 Å². The molecule has 0 heterocycles. The van der Waals surface area contributed by atoms with Crippen LogP contribution in [0.5, 0.6) is 5.75 Å². The average molecular weight is 451 g/mol. The van der Waals surface area contributed by atoms with Crippen molar-refractivity contribution in [2.24, 2.45) is 0 Å². The zero-order valence-corrected chi connectivity index (χ0v) is 20.5. The highest BCUT2D eigenvalue weighted by atomic mass is 16.5. The van der Waals surface area contributed by atoms with Crippen molar-refractivity contribution in [1.82, 2.24) is 10.2 Å². The number of hydrogen-bond donors (Lipinski definition) is 1. The van der Waals surface area contributed by atoms with Crippen molar-refractivity contribution in [3.63, 3.8) is 0 Å². The summed E-state index contributed by atoms with van der Waals surface area (Å²) in [6, 6.07) is 13.6. The molecular weight excluding hydrogens is 412 g/mol. The highest BCUT2D eigenvalue weighted by molar-refractivity contribution is 5.88. The van der Waals surface area contributed by atoms with E-state index in [1.807, 2.05) is 37.3 Å². The van der Waals surface area contributed by atoms with Crippen LogP contribution in [0.2, 0.25) is 0 Å². The van der Waals surface area contributed by atoms with E-state index in [0.717, 1.165) is 42.6 Å². The Balaban J connectivity index is 1.83. The van der Waals surface area contributed by atoms with E-state index in [1.54, 1.807) is 12.0 Å². The second kappa shape index (κ2) is 11.9. The van der Waals surface area contributed by atoms with E-state index in [2.05, 4.69) is 31.3 Å². The molecule has 0 radical (unpaired) electrons. The standard InChI is InChI=1S/C28H38N2O3/c1-5-26(28(32)29-24-11-7-6-8-12-24)30(19-23-10-9-13-25(17-23)33-4)27(31)18-22-15-14-20(2)21(3)16-22/h9-10,13-17,24,26H,5-8,11-12,18-19H2,1-4H3,(H,29,32). The summed E-state index contributed by atoms with van der Waals surface area (Å²) < 4.78 is 5.37. The second-order valence-electron chi connectivity index (χ2n) is 9.24. The van der Waals surface area contributed by atoms with Gasteiger partial charge in [-0.05, 0) is 67.5 Å². The first kappa shape index (κ1) is 24.8. The fraction of sp³-hybridized carbons (Fsp3) is 0.500. The van der Waals surface area contributed by atoms with E-state index in [0.29, 0.717) is 13.0 Å². The lowest BCUT2D eigenvalue weighted by Crippen LogP contribution is -2.51. The van der Waals surface area contributed by atoms with E-state index in [1.165, 1.54) is 17.5 Å². The number of nitrogens with one attached hydrogen (secondary N) is 1. The van der Waals surface area contributed by atoms with E-state index >= 15 is 0 Å². The van der Waals surface area contributed by atoms with Crippen molar-refractivity contribution < 1.29 is 14.3 Å². The third kappa shape index (κ3) is 6.83. The van der Waals surface area contributed by atoms with Gasteiger partial charge in [0.25, 0.3) is 0 Å². The number of carbonyl (C=O) groups excluding carboxylic acids is 2. The third-order valence-electron chi connectivity index (χ3n) is 6.75. The van der Waals surface area contributed by atoms with Gasteiger partial charge < -0.3 is 15.0 Å². The Morgan fingerprint density at radius 2 is 1.79 bits per heavy atom. The van der Waals surface area contributed by atoms with Crippen LogP contribution in [-0.2, 0) is 22.6 Å². The molecule has 1 atom stereocenters. The van der Waals surface area contributed by atoms with Crippen LogP contribution in [0.15, 0.2) is 42.5 Å². The predicted molar refractivity (Wildman–Crippen MR) is 132 cm³/mol. The number of hydrogen-bond acceptors (Lipinski definition) is 3. The maximum absolute atomic E-state index is 13.6. The Bertz CT molecular complexity index is 950. The van der Waals surface area contributed by atoms with Crippen molar-refractivity contribution >= 4 is 11.8 Å². The number of ether oxygens (including phenoxy) is 1. The second-order valence-corrected chi connectivity index (χ2v) is 9.24. The summed E-state index contributed by atoms with van der Waals surface area (Å²) in [5.74, 6) is 0.668. The van der Waals surface area contributed by atoms with Crippen molar-refractivity contribution in [2.75, 3.05) is 7.11 Å². The maximum Gasteiger partial charge on any atom is 0.243 e. The van der Waals surface area contributed by atoms with E-state index in [4.69, 9.17) is 4.74 Å². The molecular formula is C28H38N2O3. The van der Waals surface area contributed by atoms with Crippen LogP contribution in [-0.4, -0.2) is 35.9 Å². The van der Waals surface area contributed by atoms with Crippen LogP contribution < -0.4 is 10.1 Å². The molecule has 1 N–H and O–H groups in total. The van der Waals surface area contributed by atoms with Gasteiger partial charge in [-0.25, -0.2) is 0 Å². The summed E-state index contributed by atoms with van der Waals surface area (Å²) in [7, 11) is 1.63. The summed E-state index contributed by atoms with van der Waals surface area (Å²) in [5.41, 5.74) is 4.30. The molecule has 0 saturated heterocycles. The molecule has 1 saturated carbocycles. The fourth-order valence-corrected chi connectivity index (χ4v) is 4.62. The largest absolute Gasteiger partial charge is 0.497 e. The smallest absolute Gasteiger partial charge is 0.243 e. The quantitative estimate of drug-likeness (QED) is 0.577. The first-order chi connectivity index (χ1) is 15.9. The minimum Gasteiger partial charge on any atom is -0.497 e. The van der Waals surface area contributed by atoms with E-state index < -0.39 is 6.04 Å². The van der Waals surface area contributed by atoms with Gasteiger partial charge in [0.1, 0.15) is 11.8 Å². The van der Waals surface area contributed by atoms with Gasteiger partial charge in [-0.2, -0.15) is 0 Å². The van der Waals surface area contributed by atoms with Crippen molar-refractivity contribution in [3.8, 4) is 5.75 Å². The average Bonchev–Trinajstić information content (AvgIpc) is 2.82. The molecule has 3 rings (SSSR count).